The highest BCUT2D eigenvalue weighted by Gasteiger charge is 2.07. The van der Waals surface area contributed by atoms with E-state index in [2.05, 4.69) is 22.8 Å². The molecule has 0 saturated heterocycles. The molecule has 2 aromatic rings. The Kier molecular flexibility index (Phi) is 5.61. The summed E-state index contributed by atoms with van der Waals surface area (Å²) in [5.41, 5.74) is 1.16. The molecule has 0 radical (unpaired) electrons. The van der Waals surface area contributed by atoms with Gasteiger partial charge in [0, 0.05) is 24.7 Å². The van der Waals surface area contributed by atoms with Crippen LogP contribution in [0.3, 0.4) is 0 Å². The molecule has 1 heterocycles. The number of thioether (sulfide) groups is 1. The Balaban J connectivity index is 1.83. The number of carbonyl (C=O) groups excluding carboxylic acids is 1. The maximum Gasteiger partial charge on any atom is 0.220 e. The summed E-state index contributed by atoms with van der Waals surface area (Å²) in [5, 5.41) is 1.20. The molecule has 0 atom stereocenters. The average molecular weight is 307 g/mol. The number of aromatic nitrogens is 1. The SMILES string of the molecule is CCOC(=S)SCC(=O)CCn1ccc2ccccc21. The number of ether oxygens (including phenoxy) is 1. The molecule has 0 amide bonds. The molecule has 20 heavy (non-hydrogen) atoms. The van der Waals surface area contributed by atoms with Gasteiger partial charge in [0.2, 0.25) is 4.38 Å². The molecule has 1 aromatic heterocycles. The summed E-state index contributed by atoms with van der Waals surface area (Å²) < 4.78 is 7.70. The lowest BCUT2D eigenvalue weighted by atomic mass is 10.2. The largest absolute Gasteiger partial charge is 0.479 e. The van der Waals surface area contributed by atoms with Crippen molar-refractivity contribution in [3.05, 3.63) is 36.5 Å². The molecule has 0 bridgehead atoms. The van der Waals surface area contributed by atoms with Crippen LogP contribution in [-0.4, -0.2) is 27.1 Å². The zero-order chi connectivity index (χ0) is 14.4. The first kappa shape index (κ1) is 15.1. The molecule has 5 heteroatoms. The Morgan fingerprint density at radius 3 is 2.95 bits per heavy atom. The first-order valence-electron chi connectivity index (χ1n) is 6.56. The van der Waals surface area contributed by atoms with Crippen molar-refractivity contribution in [2.24, 2.45) is 0 Å². The maximum atomic E-state index is 11.8. The minimum absolute atomic E-state index is 0.190. The van der Waals surface area contributed by atoms with Gasteiger partial charge in [-0.25, -0.2) is 0 Å². The summed E-state index contributed by atoms with van der Waals surface area (Å²) in [6.45, 7) is 3.13. The molecule has 106 valence electrons. The highest BCUT2D eigenvalue weighted by atomic mass is 32.2. The van der Waals surface area contributed by atoms with Crippen LogP contribution in [0.25, 0.3) is 10.9 Å². The van der Waals surface area contributed by atoms with Gasteiger partial charge in [-0.3, -0.25) is 4.79 Å². The van der Waals surface area contributed by atoms with Gasteiger partial charge >= 0.3 is 0 Å². The molecule has 2 rings (SSSR count). The molecule has 0 spiro atoms. The quantitative estimate of drug-likeness (QED) is 0.762. The summed E-state index contributed by atoms with van der Waals surface area (Å²) in [6, 6.07) is 10.2. The fourth-order valence-corrected chi connectivity index (χ4v) is 2.87. The van der Waals surface area contributed by atoms with Crippen molar-refractivity contribution in [2.45, 2.75) is 19.9 Å². The van der Waals surface area contributed by atoms with Gasteiger partial charge in [-0.1, -0.05) is 30.0 Å². The summed E-state index contributed by atoms with van der Waals surface area (Å²) >= 11 is 6.28. The van der Waals surface area contributed by atoms with Crippen LogP contribution in [0.5, 0.6) is 0 Å². The van der Waals surface area contributed by atoms with E-state index in [1.807, 2.05) is 25.3 Å². The second-order valence-corrected chi connectivity index (χ2v) is 5.91. The smallest absolute Gasteiger partial charge is 0.220 e. The van der Waals surface area contributed by atoms with Gasteiger partial charge in [0.25, 0.3) is 0 Å². The third-order valence-corrected chi connectivity index (χ3v) is 4.22. The highest BCUT2D eigenvalue weighted by molar-refractivity contribution is 8.23. The fraction of sp³-hybridized carbons (Fsp3) is 0.333. The molecule has 0 unspecified atom stereocenters. The van der Waals surface area contributed by atoms with E-state index < -0.39 is 0 Å². The minimum Gasteiger partial charge on any atom is -0.479 e. The molecular weight excluding hydrogens is 290 g/mol. The van der Waals surface area contributed by atoms with Crippen molar-refractivity contribution in [3.8, 4) is 0 Å². The van der Waals surface area contributed by atoms with Crippen molar-refractivity contribution in [1.29, 1.82) is 0 Å². The van der Waals surface area contributed by atoms with Crippen molar-refractivity contribution in [1.82, 2.24) is 4.57 Å². The predicted octanol–water partition coefficient (Wildman–Crippen LogP) is 3.66. The number of nitrogens with zero attached hydrogens (tertiary/aromatic N) is 1. The van der Waals surface area contributed by atoms with Gasteiger partial charge < -0.3 is 9.30 Å². The number of para-hydroxylation sites is 1. The molecule has 0 aliphatic carbocycles. The lowest BCUT2D eigenvalue weighted by Gasteiger charge is -2.06. The van der Waals surface area contributed by atoms with Crippen LogP contribution in [0.2, 0.25) is 0 Å². The molecule has 0 N–H and O–H groups in total. The predicted molar refractivity (Wildman–Crippen MR) is 88.2 cm³/mol. The normalized spacial score (nSPS) is 10.7. The van der Waals surface area contributed by atoms with Crippen LogP contribution in [0.4, 0.5) is 0 Å². The molecule has 0 aliphatic heterocycles. The average Bonchev–Trinajstić information content (AvgIpc) is 2.86. The first-order chi connectivity index (χ1) is 9.70. The van der Waals surface area contributed by atoms with E-state index >= 15 is 0 Å². The number of carbonyl (C=O) groups is 1. The van der Waals surface area contributed by atoms with Gasteiger partial charge in [0.1, 0.15) is 5.78 Å². The summed E-state index contributed by atoms with van der Waals surface area (Å²) in [5.74, 6) is 0.577. The van der Waals surface area contributed by atoms with Crippen LogP contribution < -0.4 is 0 Å². The first-order valence-corrected chi connectivity index (χ1v) is 7.95. The lowest BCUT2D eigenvalue weighted by Crippen LogP contribution is -2.09. The van der Waals surface area contributed by atoms with Gasteiger partial charge in [0.15, 0.2) is 0 Å². The number of thiocarbonyl (C=S) groups is 1. The van der Waals surface area contributed by atoms with Crippen molar-refractivity contribution < 1.29 is 9.53 Å². The van der Waals surface area contributed by atoms with E-state index in [-0.39, 0.29) is 5.78 Å². The van der Waals surface area contributed by atoms with Crippen LogP contribution in [-0.2, 0) is 16.1 Å². The van der Waals surface area contributed by atoms with E-state index in [4.69, 9.17) is 17.0 Å². The van der Waals surface area contributed by atoms with Crippen LogP contribution >= 0.6 is 24.0 Å². The third-order valence-electron chi connectivity index (χ3n) is 2.92. The van der Waals surface area contributed by atoms with Crippen LogP contribution in [0, 0.1) is 0 Å². The Hall–Kier alpha value is -1.33. The zero-order valence-electron chi connectivity index (χ0n) is 11.4. The van der Waals surface area contributed by atoms with E-state index in [1.54, 1.807) is 0 Å². The lowest BCUT2D eigenvalue weighted by molar-refractivity contribution is -0.116. The van der Waals surface area contributed by atoms with E-state index in [1.165, 1.54) is 17.1 Å². The second-order valence-electron chi connectivity index (χ2n) is 4.33. The Morgan fingerprint density at radius 2 is 2.15 bits per heavy atom. The summed E-state index contributed by atoms with van der Waals surface area (Å²) in [4.78, 5) is 11.8. The number of rotatable bonds is 6. The number of hydrogen-bond acceptors (Lipinski definition) is 4. The molecule has 0 fully saturated rings. The molecule has 1 aromatic carbocycles. The van der Waals surface area contributed by atoms with Crippen molar-refractivity contribution in [3.63, 3.8) is 0 Å². The van der Waals surface area contributed by atoms with Crippen molar-refractivity contribution in [2.75, 3.05) is 12.4 Å². The van der Waals surface area contributed by atoms with E-state index in [0.29, 0.717) is 29.7 Å². The monoisotopic (exact) mass is 307 g/mol. The van der Waals surface area contributed by atoms with Crippen molar-refractivity contribution >= 4 is 45.0 Å². The van der Waals surface area contributed by atoms with E-state index in [0.717, 1.165) is 5.52 Å². The maximum absolute atomic E-state index is 11.8. The molecule has 0 aliphatic rings. The number of hydrogen-bond donors (Lipinski definition) is 0. The number of Topliss-reactive ketones (excluding diaryl/α,β-unsaturated/α-hetero) is 1. The second kappa shape index (κ2) is 7.45. The fourth-order valence-electron chi connectivity index (χ4n) is 1.95. The van der Waals surface area contributed by atoms with E-state index in [9.17, 15) is 4.79 Å². The topological polar surface area (TPSA) is 31.2 Å². The Morgan fingerprint density at radius 1 is 1.35 bits per heavy atom. The van der Waals surface area contributed by atoms with Crippen LogP contribution in [0.1, 0.15) is 13.3 Å². The van der Waals surface area contributed by atoms with Gasteiger partial charge in [-0.05, 0) is 36.7 Å². The van der Waals surface area contributed by atoms with Gasteiger partial charge in [-0.2, -0.15) is 0 Å². The third kappa shape index (κ3) is 4.08. The zero-order valence-corrected chi connectivity index (χ0v) is 13.0. The van der Waals surface area contributed by atoms with Gasteiger partial charge in [0.05, 0.1) is 12.4 Å². The number of fused-ring (bicyclic) bond motifs is 1. The standard InChI is InChI=1S/C15H17NO2S2/c1-2-18-15(19)20-11-13(17)8-10-16-9-7-12-5-3-4-6-14(12)16/h3-7,9H,2,8,10-11H2,1H3. The molecule has 0 saturated carbocycles. The summed E-state index contributed by atoms with van der Waals surface area (Å²) in [6.07, 6.45) is 2.54. The Labute approximate surface area is 128 Å². The van der Waals surface area contributed by atoms with Crippen LogP contribution in [0.15, 0.2) is 36.5 Å². The molecular formula is C15H17NO2S2. The van der Waals surface area contributed by atoms with Gasteiger partial charge in [-0.15, -0.1) is 0 Å². The Bertz CT molecular complexity index is 607. The minimum atomic E-state index is 0.190. The molecule has 3 nitrogen and oxygen atoms in total. The number of benzene rings is 1. The summed E-state index contributed by atoms with van der Waals surface area (Å²) in [7, 11) is 0. The number of aryl methyl sites for hydroxylation is 1. The highest BCUT2D eigenvalue weighted by Crippen LogP contribution is 2.16. The number of ketones is 1.